The molecule has 3 N–H and O–H groups in total. The predicted molar refractivity (Wildman–Crippen MR) is 110 cm³/mol. The number of nitrogens with one attached hydrogen (secondary N) is 2. The maximum Gasteiger partial charge on any atom is 0.242 e. The van der Waals surface area contributed by atoms with E-state index in [0.29, 0.717) is 42.3 Å². The van der Waals surface area contributed by atoms with Gasteiger partial charge in [0, 0.05) is 13.0 Å². The molecule has 2 fully saturated rings. The Morgan fingerprint density at radius 3 is 2.77 bits per heavy atom. The number of nitrogens with zero attached hydrogens (tertiary/aromatic N) is 4. The van der Waals surface area contributed by atoms with Crippen LogP contribution in [-0.4, -0.2) is 67.9 Å². The minimum atomic E-state index is -0.574. The van der Waals surface area contributed by atoms with Gasteiger partial charge in [0.1, 0.15) is 17.1 Å². The van der Waals surface area contributed by atoms with E-state index in [2.05, 4.69) is 20.8 Å². The molecule has 31 heavy (non-hydrogen) atoms. The zero-order valence-electron chi connectivity index (χ0n) is 17.4. The van der Waals surface area contributed by atoms with Gasteiger partial charge in [-0.1, -0.05) is 31.7 Å². The van der Waals surface area contributed by atoms with E-state index in [4.69, 9.17) is 0 Å². The highest BCUT2D eigenvalue weighted by Gasteiger charge is 2.38. The number of fused-ring (bicyclic) bond motifs is 1. The minimum absolute atomic E-state index is 0.0583. The number of hydrogen-bond acceptors (Lipinski definition) is 7. The fourth-order valence-corrected chi connectivity index (χ4v) is 4.78. The van der Waals surface area contributed by atoms with E-state index in [1.807, 2.05) is 18.2 Å². The summed E-state index contributed by atoms with van der Waals surface area (Å²) < 4.78 is 0. The smallest absolute Gasteiger partial charge is 0.242 e. The van der Waals surface area contributed by atoms with Gasteiger partial charge in [0.15, 0.2) is 5.78 Å². The third-order valence-corrected chi connectivity index (χ3v) is 6.35. The fourth-order valence-electron chi connectivity index (χ4n) is 4.78. The third kappa shape index (κ3) is 4.91. The van der Waals surface area contributed by atoms with Crippen LogP contribution in [0.4, 0.5) is 0 Å². The molecule has 1 aliphatic heterocycles. The molecule has 0 spiro atoms. The van der Waals surface area contributed by atoms with Crippen molar-refractivity contribution >= 4 is 29.1 Å². The third-order valence-electron chi connectivity index (χ3n) is 6.35. The zero-order chi connectivity index (χ0) is 21.8. The number of hydrazine groups is 1. The Hall–Kier alpha value is -2.85. The number of H-pyrrole nitrogens is 1. The lowest BCUT2D eigenvalue weighted by Crippen LogP contribution is -2.50. The van der Waals surface area contributed by atoms with E-state index < -0.39 is 12.0 Å². The second-order valence-corrected chi connectivity index (χ2v) is 8.52. The number of aromatic amines is 1. The molecule has 0 radical (unpaired) electrons. The first-order valence-electron chi connectivity index (χ1n) is 10.8. The summed E-state index contributed by atoms with van der Waals surface area (Å²) in [6, 6.07) is 4.90. The van der Waals surface area contributed by atoms with Gasteiger partial charge in [0.25, 0.3) is 0 Å². The normalized spacial score (nSPS) is 20.3. The van der Waals surface area contributed by atoms with Crippen molar-refractivity contribution in [1.29, 1.82) is 0 Å². The van der Waals surface area contributed by atoms with Crippen LogP contribution >= 0.6 is 0 Å². The monoisotopic (exact) mass is 428 g/mol. The summed E-state index contributed by atoms with van der Waals surface area (Å²) >= 11 is 0. The summed E-state index contributed by atoms with van der Waals surface area (Å²) in [5, 5.41) is 22.3. The molecule has 1 aromatic heterocycles. The van der Waals surface area contributed by atoms with Gasteiger partial charge in [-0.3, -0.25) is 24.6 Å². The van der Waals surface area contributed by atoms with Crippen LogP contribution in [0, 0.1) is 11.8 Å². The number of aromatic nitrogens is 3. The molecule has 1 saturated carbocycles. The second kappa shape index (κ2) is 9.52. The molecular formula is C21H28N6O4. The molecule has 2 aliphatic rings. The van der Waals surface area contributed by atoms with Crippen LogP contribution in [0.5, 0.6) is 0 Å². The van der Waals surface area contributed by atoms with Gasteiger partial charge >= 0.3 is 0 Å². The van der Waals surface area contributed by atoms with Crippen LogP contribution in [0.3, 0.4) is 0 Å². The van der Waals surface area contributed by atoms with Gasteiger partial charge in [0.05, 0.1) is 12.5 Å². The molecule has 1 aliphatic carbocycles. The van der Waals surface area contributed by atoms with Crippen molar-refractivity contribution in [2.45, 2.75) is 51.0 Å². The van der Waals surface area contributed by atoms with Crippen molar-refractivity contribution in [2.24, 2.45) is 11.8 Å². The van der Waals surface area contributed by atoms with Gasteiger partial charge < -0.3 is 0 Å². The number of carbonyl (C=O) groups excluding carboxylic acids is 3. The number of rotatable bonds is 9. The molecule has 1 saturated heterocycles. The quantitative estimate of drug-likeness (QED) is 0.311. The molecule has 10 heteroatoms. The number of hydroxylamine groups is 2. The number of carbonyl (C=O) groups is 3. The largest absolute Gasteiger partial charge is 0.297 e. The lowest BCUT2D eigenvalue weighted by Gasteiger charge is -2.30. The number of benzene rings is 1. The molecule has 2 amide bonds. The number of ketones is 1. The molecule has 10 nitrogen and oxygen atoms in total. The van der Waals surface area contributed by atoms with Gasteiger partial charge in [-0.05, 0) is 36.5 Å². The lowest BCUT2D eigenvalue weighted by atomic mass is 9.91. The fraction of sp³-hybridized carbons (Fsp3) is 0.571. The van der Waals surface area contributed by atoms with Crippen LogP contribution in [-0.2, 0) is 20.8 Å². The minimum Gasteiger partial charge on any atom is -0.297 e. The van der Waals surface area contributed by atoms with Crippen LogP contribution in [0.25, 0.3) is 11.0 Å². The second-order valence-electron chi connectivity index (χ2n) is 8.52. The van der Waals surface area contributed by atoms with Crippen LogP contribution < -0.4 is 5.43 Å². The Bertz CT molecular complexity index is 941. The molecule has 0 bridgehead atoms. The molecule has 4 rings (SSSR count). The van der Waals surface area contributed by atoms with E-state index in [9.17, 15) is 19.6 Å². The zero-order valence-corrected chi connectivity index (χ0v) is 17.4. The summed E-state index contributed by atoms with van der Waals surface area (Å²) in [7, 11) is 0. The maximum absolute atomic E-state index is 13.3. The van der Waals surface area contributed by atoms with Crippen molar-refractivity contribution in [3.63, 3.8) is 0 Å². The van der Waals surface area contributed by atoms with E-state index in [1.54, 1.807) is 0 Å². The average Bonchev–Trinajstić information content (AvgIpc) is 3.53. The molecule has 0 unspecified atom stereocenters. The summed E-state index contributed by atoms with van der Waals surface area (Å²) in [6.07, 6.45) is 6.02. The summed E-state index contributed by atoms with van der Waals surface area (Å²) in [6.45, 7) is 0.456. The van der Waals surface area contributed by atoms with Gasteiger partial charge in [-0.2, -0.15) is 15.4 Å². The molecule has 2 heterocycles. The van der Waals surface area contributed by atoms with E-state index >= 15 is 0 Å². The van der Waals surface area contributed by atoms with Crippen molar-refractivity contribution in [1.82, 2.24) is 30.9 Å². The topological polar surface area (TPSA) is 132 Å². The molecule has 166 valence electrons. The lowest BCUT2D eigenvalue weighted by molar-refractivity contribution is -0.159. The van der Waals surface area contributed by atoms with Crippen molar-refractivity contribution < 1.29 is 19.6 Å². The summed E-state index contributed by atoms with van der Waals surface area (Å²) in [4.78, 5) is 37.3. The van der Waals surface area contributed by atoms with E-state index in [-0.39, 0.29) is 24.7 Å². The summed E-state index contributed by atoms with van der Waals surface area (Å²) in [5.74, 6) is -0.446. The van der Waals surface area contributed by atoms with Crippen LogP contribution in [0.1, 0.15) is 44.1 Å². The SMILES string of the molecule is O=CN(O)C[C@@H](CC1CCCC1)C(=O)N1NCC[C@H]1C(=O)Cc1ccc2n[nH]nc2c1. The van der Waals surface area contributed by atoms with Crippen molar-refractivity contribution in [2.75, 3.05) is 13.1 Å². The molecule has 1 aromatic carbocycles. The highest BCUT2D eigenvalue weighted by molar-refractivity contribution is 5.92. The number of amides is 2. The first-order valence-corrected chi connectivity index (χ1v) is 10.8. The van der Waals surface area contributed by atoms with Crippen LogP contribution in [0.2, 0.25) is 0 Å². The van der Waals surface area contributed by atoms with E-state index in [1.165, 1.54) is 5.01 Å². The molecule has 2 aromatic rings. The predicted octanol–water partition coefficient (Wildman–Crippen LogP) is 1.22. The molecule has 2 atom stereocenters. The number of Topliss-reactive ketones (excluding diaryl/α,β-unsaturated/α-hetero) is 1. The first kappa shape index (κ1) is 21.4. The highest BCUT2D eigenvalue weighted by Crippen LogP contribution is 2.31. The Kier molecular flexibility index (Phi) is 6.57. The van der Waals surface area contributed by atoms with Crippen molar-refractivity contribution in [3.05, 3.63) is 23.8 Å². The average molecular weight is 428 g/mol. The van der Waals surface area contributed by atoms with Gasteiger partial charge in [0.2, 0.25) is 12.3 Å². The van der Waals surface area contributed by atoms with Gasteiger partial charge in [-0.25, -0.2) is 10.5 Å². The van der Waals surface area contributed by atoms with Crippen LogP contribution in [0.15, 0.2) is 18.2 Å². The Morgan fingerprint density at radius 2 is 2.00 bits per heavy atom. The number of hydrogen-bond donors (Lipinski definition) is 3. The van der Waals surface area contributed by atoms with E-state index in [0.717, 1.165) is 36.8 Å². The standard InChI is InChI=1S/C21H28N6O4/c28-13-26(31)12-16(9-14-3-1-2-4-14)21(30)27-19(7-8-22-27)20(29)11-15-5-6-17-18(10-15)24-25-23-17/h5-6,10,13-14,16,19,22,31H,1-4,7-9,11-12H2,(H,23,24,25)/t16-,19+/m1/s1. The Morgan fingerprint density at radius 1 is 1.23 bits per heavy atom. The molecular weight excluding hydrogens is 400 g/mol. The first-order chi connectivity index (χ1) is 15.0. The van der Waals surface area contributed by atoms with Crippen molar-refractivity contribution in [3.8, 4) is 0 Å². The Balaban J connectivity index is 1.45. The maximum atomic E-state index is 13.3. The summed E-state index contributed by atoms with van der Waals surface area (Å²) in [5.41, 5.74) is 5.28. The Labute approximate surface area is 179 Å². The highest BCUT2D eigenvalue weighted by atomic mass is 16.5. The van der Waals surface area contributed by atoms with Gasteiger partial charge in [-0.15, -0.1) is 0 Å².